The molecule has 6 nitrogen and oxygen atoms in total. The third-order valence-electron chi connectivity index (χ3n) is 6.41. The van der Waals surface area contributed by atoms with Gasteiger partial charge in [0.05, 0.1) is 5.56 Å². The van der Waals surface area contributed by atoms with Gasteiger partial charge in [-0.2, -0.15) is 13.2 Å². The second-order valence-corrected chi connectivity index (χ2v) is 8.82. The van der Waals surface area contributed by atoms with Gasteiger partial charge in [0, 0.05) is 49.6 Å². The molecule has 0 spiro atoms. The molecule has 2 aliphatic rings. The number of ether oxygens (including phenoxy) is 1. The predicted molar refractivity (Wildman–Crippen MR) is 122 cm³/mol. The van der Waals surface area contributed by atoms with Gasteiger partial charge in [0.1, 0.15) is 17.4 Å². The van der Waals surface area contributed by atoms with Crippen LogP contribution < -0.4 is 20.3 Å². The SMILES string of the molecule is O=C(N[C@@H]1CCNC1)c1cc2cc(OC3CCN(c4ccc(C(F)(F)F)cc4)CC3)ccc2o1. The lowest BCUT2D eigenvalue weighted by molar-refractivity contribution is -0.137. The number of alkyl halides is 3. The van der Waals surface area contributed by atoms with Gasteiger partial charge < -0.3 is 24.7 Å². The molecular formula is C25H26F3N3O3. The normalized spacial score (nSPS) is 19.5. The maximum atomic E-state index is 12.8. The summed E-state index contributed by atoms with van der Waals surface area (Å²) < 4.78 is 50.2. The molecule has 0 radical (unpaired) electrons. The molecule has 3 aromatic rings. The molecule has 2 aliphatic heterocycles. The van der Waals surface area contributed by atoms with Crippen molar-refractivity contribution in [2.75, 3.05) is 31.1 Å². The topological polar surface area (TPSA) is 66.7 Å². The average molecular weight is 473 g/mol. The monoisotopic (exact) mass is 473 g/mol. The first-order valence-corrected chi connectivity index (χ1v) is 11.5. The van der Waals surface area contributed by atoms with Crippen LogP contribution in [-0.2, 0) is 6.18 Å². The predicted octanol–water partition coefficient (Wildman–Crippen LogP) is 4.59. The van der Waals surface area contributed by atoms with E-state index in [2.05, 4.69) is 15.5 Å². The molecule has 1 aromatic heterocycles. The minimum atomic E-state index is -4.33. The Morgan fingerprint density at radius 2 is 1.82 bits per heavy atom. The van der Waals surface area contributed by atoms with Crippen molar-refractivity contribution in [3.8, 4) is 5.75 Å². The first-order valence-electron chi connectivity index (χ1n) is 11.5. The molecule has 1 amide bonds. The maximum absolute atomic E-state index is 12.8. The van der Waals surface area contributed by atoms with Crippen molar-refractivity contribution in [2.24, 2.45) is 0 Å². The number of nitrogens with zero attached hydrogens (tertiary/aromatic N) is 1. The van der Waals surface area contributed by atoms with E-state index in [4.69, 9.17) is 9.15 Å². The highest BCUT2D eigenvalue weighted by Gasteiger charge is 2.30. The van der Waals surface area contributed by atoms with Crippen molar-refractivity contribution in [1.82, 2.24) is 10.6 Å². The molecule has 2 saturated heterocycles. The zero-order valence-electron chi connectivity index (χ0n) is 18.5. The van der Waals surface area contributed by atoms with Gasteiger partial charge in [-0.15, -0.1) is 0 Å². The van der Waals surface area contributed by atoms with E-state index in [-0.39, 0.29) is 23.8 Å². The second-order valence-electron chi connectivity index (χ2n) is 8.82. The first-order chi connectivity index (χ1) is 16.3. The summed E-state index contributed by atoms with van der Waals surface area (Å²) in [6, 6.07) is 12.6. The Labute approximate surface area is 195 Å². The number of furan rings is 1. The van der Waals surface area contributed by atoms with Crippen LogP contribution in [0.4, 0.5) is 18.9 Å². The fourth-order valence-electron chi connectivity index (χ4n) is 4.53. The molecular weight excluding hydrogens is 447 g/mol. The van der Waals surface area contributed by atoms with E-state index in [1.54, 1.807) is 12.1 Å². The largest absolute Gasteiger partial charge is 0.490 e. The number of anilines is 1. The summed E-state index contributed by atoms with van der Waals surface area (Å²) in [7, 11) is 0. The summed E-state index contributed by atoms with van der Waals surface area (Å²) in [5.41, 5.74) is 0.768. The summed E-state index contributed by atoms with van der Waals surface area (Å²) in [5, 5.41) is 6.99. The molecule has 2 aromatic carbocycles. The Bertz CT molecular complexity index is 1150. The lowest BCUT2D eigenvalue weighted by Gasteiger charge is -2.33. The van der Waals surface area contributed by atoms with Gasteiger partial charge in [0.25, 0.3) is 5.91 Å². The fraction of sp³-hybridized carbons (Fsp3) is 0.400. The molecule has 0 saturated carbocycles. The highest BCUT2D eigenvalue weighted by atomic mass is 19.4. The standard InChI is InChI=1S/C25H26F3N3O3/c26-25(27,28)17-1-3-19(4-2-17)31-11-8-20(9-12-31)33-21-5-6-22-16(13-21)14-23(34-22)24(32)30-18-7-10-29-15-18/h1-6,13-14,18,20,29H,7-12,15H2,(H,30,32)/t18-/m1/s1. The molecule has 0 aliphatic carbocycles. The highest BCUT2D eigenvalue weighted by molar-refractivity contribution is 5.96. The number of fused-ring (bicyclic) bond motifs is 1. The van der Waals surface area contributed by atoms with E-state index in [1.807, 2.05) is 12.1 Å². The number of carbonyl (C=O) groups excluding carboxylic acids is 1. The molecule has 180 valence electrons. The second kappa shape index (κ2) is 9.21. The number of carbonyl (C=O) groups is 1. The molecule has 5 rings (SSSR count). The zero-order valence-corrected chi connectivity index (χ0v) is 18.5. The first kappa shape index (κ1) is 22.6. The average Bonchev–Trinajstić information content (AvgIpc) is 3.49. The van der Waals surface area contributed by atoms with Crippen molar-refractivity contribution in [1.29, 1.82) is 0 Å². The van der Waals surface area contributed by atoms with E-state index in [9.17, 15) is 18.0 Å². The smallest absolute Gasteiger partial charge is 0.416 e. The quantitative estimate of drug-likeness (QED) is 0.568. The van der Waals surface area contributed by atoms with Crippen molar-refractivity contribution in [3.63, 3.8) is 0 Å². The van der Waals surface area contributed by atoms with Gasteiger partial charge in [0.2, 0.25) is 0 Å². The van der Waals surface area contributed by atoms with Crippen LogP contribution in [0, 0.1) is 0 Å². The number of piperidine rings is 1. The van der Waals surface area contributed by atoms with Crippen LogP contribution in [0.15, 0.2) is 52.9 Å². The summed E-state index contributed by atoms with van der Waals surface area (Å²) in [4.78, 5) is 14.5. The molecule has 34 heavy (non-hydrogen) atoms. The van der Waals surface area contributed by atoms with Gasteiger partial charge in [-0.1, -0.05) is 0 Å². The van der Waals surface area contributed by atoms with E-state index >= 15 is 0 Å². The maximum Gasteiger partial charge on any atom is 0.416 e. The van der Waals surface area contributed by atoms with Crippen molar-refractivity contribution in [3.05, 3.63) is 59.9 Å². The minimum Gasteiger partial charge on any atom is -0.490 e. The Balaban J connectivity index is 1.17. The van der Waals surface area contributed by atoms with E-state index in [0.717, 1.165) is 55.6 Å². The van der Waals surface area contributed by atoms with E-state index in [1.165, 1.54) is 12.1 Å². The van der Waals surface area contributed by atoms with Crippen LogP contribution in [0.2, 0.25) is 0 Å². The van der Waals surface area contributed by atoms with Gasteiger partial charge in [-0.05, 0) is 61.5 Å². The minimum absolute atomic E-state index is 0.00712. The molecule has 3 heterocycles. The van der Waals surface area contributed by atoms with Gasteiger partial charge in [-0.25, -0.2) is 0 Å². The van der Waals surface area contributed by atoms with Crippen molar-refractivity contribution < 1.29 is 27.1 Å². The number of nitrogens with one attached hydrogen (secondary N) is 2. The third kappa shape index (κ3) is 4.99. The zero-order chi connectivity index (χ0) is 23.7. The number of halogens is 3. The molecule has 2 fully saturated rings. The Morgan fingerprint density at radius 1 is 1.06 bits per heavy atom. The Hall–Kier alpha value is -3.20. The molecule has 2 N–H and O–H groups in total. The third-order valence-corrected chi connectivity index (χ3v) is 6.41. The van der Waals surface area contributed by atoms with Crippen LogP contribution in [0.3, 0.4) is 0 Å². The fourth-order valence-corrected chi connectivity index (χ4v) is 4.53. The van der Waals surface area contributed by atoms with Crippen LogP contribution in [0.1, 0.15) is 35.4 Å². The highest BCUT2D eigenvalue weighted by Crippen LogP contribution is 2.32. The summed E-state index contributed by atoms with van der Waals surface area (Å²) in [6.45, 7) is 3.06. The summed E-state index contributed by atoms with van der Waals surface area (Å²) in [5.74, 6) is 0.764. The van der Waals surface area contributed by atoms with Crippen molar-refractivity contribution >= 4 is 22.6 Å². The molecule has 0 unspecified atom stereocenters. The van der Waals surface area contributed by atoms with Gasteiger partial charge in [-0.3, -0.25) is 4.79 Å². The van der Waals surface area contributed by atoms with Gasteiger partial charge >= 0.3 is 6.18 Å². The van der Waals surface area contributed by atoms with Crippen LogP contribution in [0.25, 0.3) is 11.0 Å². The van der Waals surface area contributed by atoms with Crippen molar-refractivity contribution in [2.45, 2.75) is 37.6 Å². The molecule has 9 heteroatoms. The van der Waals surface area contributed by atoms with Gasteiger partial charge in [0.15, 0.2) is 5.76 Å². The van der Waals surface area contributed by atoms with Crippen LogP contribution in [0.5, 0.6) is 5.75 Å². The van der Waals surface area contributed by atoms with Crippen LogP contribution in [-0.4, -0.2) is 44.2 Å². The number of rotatable bonds is 5. The summed E-state index contributed by atoms with van der Waals surface area (Å²) >= 11 is 0. The number of hydrogen-bond acceptors (Lipinski definition) is 5. The van der Waals surface area contributed by atoms with E-state index in [0.29, 0.717) is 24.4 Å². The van der Waals surface area contributed by atoms with E-state index < -0.39 is 11.7 Å². The summed E-state index contributed by atoms with van der Waals surface area (Å²) in [6.07, 6.45) is -1.90. The lowest BCUT2D eigenvalue weighted by Crippen LogP contribution is -2.38. The Kier molecular flexibility index (Phi) is 6.12. The Morgan fingerprint density at radius 3 is 2.50 bits per heavy atom. The molecule has 1 atom stereocenters. The number of benzene rings is 2. The number of amides is 1. The number of hydrogen-bond donors (Lipinski definition) is 2. The lowest BCUT2D eigenvalue weighted by atomic mass is 10.1. The molecule has 0 bridgehead atoms. The van der Waals surface area contributed by atoms with Crippen LogP contribution >= 0.6 is 0 Å².